The number of hydrogen-bond donors (Lipinski definition) is 2. The van der Waals surface area contributed by atoms with Crippen molar-refractivity contribution in [2.75, 3.05) is 32.8 Å². The Kier molecular flexibility index (Phi) is 9.58. The lowest BCUT2D eigenvalue weighted by atomic mass is 9.85. The van der Waals surface area contributed by atoms with Crippen molar-refractivity contribution in [3.63, 3.8) is 0 Å². The van der Waals surface area contributed by atoms with Gasteiger partial charge in [-0.25, -0.2) is 0 Å². The highest BCUT2D eigenvalue weighted by Crippen LogP contribution is 2.52. The largest absolute Gasteiger partial charge is 0.494 e. The third kappa shape index (κ3) is 6.07. The molecule has 1 saturated heterocycles. The van der Waals surface area contributed by atoms with Gasteiger partial charge in [0.25, 0.3) is 0 Å². The van der Waals surface area contributed by atoms with E-state index in [0.29, 0.717) is 26.1 Å². The molecule has 2 bridgehead atoms. The minimum Gasteiger partial charge on any atom is -0.494 e. The van der Waals surface area contributed by atoms with Gasteiger partial charge in [0.1, 0.15) is 5.75 Å². The molecule has 0 radical (unpaired) electrons. The molecule has 4 rings (SSSR count). The quantitative estimate of drug-likeness (QED) is 0.107. The van der Waals surface area contributed by atoms with Crippen LogP contribution in [-0.4, -0.2) is 55.5 Å². The number of imide groups is 1. The van der Waals surface area contributed by atoms with Crippen LogP contribution in [0.1, 0.15) is 32.6 Å². The van der Waals surface area contributed by atoms with Gasteiger partial charge >= 0.3 is 0 Å². The fourth-order valence-corrected chi connectivity index (χ4v) is 5.09. The van der Waals surface area contributed by atoms with Crippen LogP contribution in [-0.2, 0) is 9.59 Å². The maximum atomic E-state index is 12.7. The smallest absolute Gasteiger partial charge is 0.233 e. The molecule has 1 heterocycles. The molecular weight excluding hydrogens is 531 g/mol. The summed E-state index contributed by atoms with van der Waals surface area (Å²) in [5.74, 6) is 2.07. The number of amides is 2. The Morgan fingerprint density at radius 2 is 1.73 bits per heavy atom. The predicted molar refractivity (Wildman–Crippen MR) is 140 cm³/mol. The predicted octanol–water partition coefficient (Wildman–Crippen LogP) is 3.22. The molecule has 1 aliphatic heterocycles. The Hall–Kier alpha value is -2.10. The van der Waals surface area contributed by atoms with Crippen molar-refractivity contribution < 1.29 is 14.3 Å². The van der Waals surface area contributed by atoms with Gasteiger partial charge in [-0.15, -0.1) is 24.0 Å². The first-order valence-corrected chi connectivity index (χ1v) is 11.9. The number of allylic oxidation sites excluding steroid dienone is 2. The monoisotopic (exact) mass is 566 g/mol. The van der Waals surface area contributed by atoms with E-state index in [4.69, 9.17) is 4.74 Å². The van der Waals surface area contributed by atoms with Crippen molar-refractivity contribution in [2.45, 2.75) is 32.6 Å². The molecular formula is C25H35IN4O3. The van der Waals surface area contributed by atoms with E-state index >= 15 is 0 Å². The average Bonchev–Trinajstić information content (AvgIpc) is 3.49. The van der Waals surface area contributed by atoms with Gasteiger partial charge in [0, 0.05) is 26.2 Å². The van der Waals surface area contributed by atoms with Gasteiger partial charge in [0.15, 0.2) is 5.96 Å². The molecule has 7 nitrogen and oxygen atoms in total. The van der Waals surface area contributed by atoms with Gasteiger partial charge in [-0.3, -0.25) is 19.5 Å². The molecule has 4 unspecified atom stereocenters. The molecule has 1 aromatic rings. The number of hydrogen-bond acceptors (Lipinski definition) is 4. The van der Waals surface area contributed by atoms with E-state index in [9.17, 15) is 9.59 Å². The Bertz CT molecular complexity index is 830. The van der Waals surface area contributed by atoms with Gasteiger partial charge in [-0.2, -0.15) is 0 Å². The van der Waals surface area contributed by atoms with Crippen molar-refractivity contribution in [1.82, 2.24) is 15.5 Å². The van der Waals surface area contributed by atoms with E-state index in [1.807, 2.05) is 37.3 Å². The van der Waals surface area contributed by atoms with E-state index in [1.165, 1.54) is 4.90 Å². The normalized spacial score (nSPS) is 25.2. The number of benzene rings is 1. The van der Waals surface area contributed by atoms with Crippen molar-refractivity contribution >= 4 is 41.8 Å². The third-order valence-corrected chi connectivity index (χ3v) is 6.59. The minimum atomic E-state index is -0.106. The summed E-state index contributed by atoms with van der Waals surface area (Å²) in [6, 6.07) is 9.85. The summed E-state index contributed by atoms with van der Waals surface area (Å²) < 4.78 is 5.71. The molecule has 1 saturated carbocycles. The van der Waals surface area contributed by atoms with Crippen LogP contribution >= 0.6 is 24.0 Å². The van der Waals surface area contributed by atoms with Crippen LogP contribution in [0.15, 0.2) is 47.5 Å². The number of nitrogens with one attached hydrogen (secondary N) is 2. The Morgan fingerprint density at radius 1 is 1.03 bits per heavy atom. The number of carbonyl (C=O) groups excluding carboxylic acids is 2. The second-order valence-corrected chi connectivity index (χ2v) is 8.74. The Morgan fingerprint density at radius 3 is 2.39 bits per heavy atom. The molecule has 2 aliphatic carbocycles. The second-order valence-electron chi connectivity index (χ2n) is 8.74. The van der Waals surface area contributed by atoms with Gasteiger partial charge < -0.3 is 15.4 Å². The number of rotatable bonds is 11. The molecule has 2 fully saturated rings. The number of para-hydroxylation sites is 1. The summed E-state index contributed by atoms with van der Waals surface area (Å²) in [5.41, 5.74) is 0. The van der Waals surface area contributed by atoms with Crippen LogP contribution in [0.4, 0.5) is 0 Å². The molecule has 4 atom stereocenters. The topological polar surface area (TPSA) is 83.0 Å². The highest BCUT2D eigenvalue weighted by molar-refractivity contribution is 14.0. The zero-order valence-corrected chi connectivity index (χ0v) is 21.6. The number of nitrogens with zero attached hydrogens (tertiary/aromatic N) is 2. The first-order valence-electron chi connectivity index (χ1n) is 11.9. The molecule has 1 aromatic carbocycles. The maximum absolute atomic E-state index is 12.7. The summed E-state index contributed by atoms with van der Waals surface area (Å²) in [6.07, 6.45) is 7.86. The van der Waals surface area contributed by atoms with Crippen LogP contribution in [0.5, 0.6) is 5.75 Å². The standard InChI is InChI=1S/C25H34N4O3.HI/c1-2-26-25(27-13-6-7-16-32-20-9-4-3-5-10-20)28-14-8-15-29-23(30)21-18-11-12-19(17-18)22(21)24(29)31;/h3-5,9-12,18-19,21-22H,2,6-8,13-17H2,1H3,(H2,26,27,28);1H. The molecule has 2 N–H and O–H groups in total. The molecule has 0 spiro atoms. The number of fused-ring (bicyclic) bond motifs is 5. The first kappa shape index (κ1) is 25.5. The second kappa shape index (κ2) is 12.4. The van der Waals surface area contributed by atoms with Crippen molar-refractivity contribution in [2.24, 2.45) is 28.7 Å². The molecule has 33 heavy (non-hydrogen) atoms. The van der Waals surface area contributed by atoms with Crippen LogP contribution in [0.2, 0.25) is 0 Å². The summed E-state index contributed by atoms with van der Waals surface area (Å²) in [5, 5.41) is 6.59. The van der Waals surface area contributed by atoms with Crippen molar-refractivity contribution in [1.29, 1.82) is 0 Å². The van der Waals surface area contributed by atoms with Gasteiger partial charge in [-0.1, -0.05) is 30.4 Å². The molecule has 180 valence electrons. The van der Waals surface area contributed by atoms with Crippen LogP contribution in [0.3, 0.4) is 0 Å². The highest BCUT2D eigenvalue weighted by Gasteiger charge is 2.58. The summed E-state index contributed by atoms with van der Waals surface area (Å²) in [6.45, 7) is 5.36. The lowest BCUT2D eigenvalue weighted by Gasteiger charge is -2.17. The number of guanidine groups is 1. The Labute approximate surface area is 213 Å². The molecule has 8 heteroatoms. The van der Waals surface area contributed by atoms with E-state index in [2.05, 4.69) is 27.8 Å². The average molecular weight is 566 g/mol. The zero-order valence-electron chi connectivity index (χ0n) is 19.2. The van der Waals surface area contributed by atoms with Crippen LogP contribution < -0.4 is 15.4 Å². The van der Waals surface area contributed by atoms with Crippen molar-refractivity contribution in [3.05, 3.63) is 42.5 Å². The summed E-state index contributed by atoms with van der Waals surface area (Å²) in [4.78, 5) is 31.6. The Balaban J connectivity index is 0.00000306. The fraction of sp³-hybridized carbons (Fsp3) is 0.560. The van der Waals surface area contributed by atoms with E-state index in [-0.39, 0.29) is 59.5 Å². The number of likely N-dealkylation sites (tertiary alicyclic amines) is 1. The minimum absolute atomic E-state index is 0. The van der Waals surface area contributed by atoms with E-state index in [0.717, 1.165) is 44.1 Å². The number of carbonyl (C=O) groups is 2. The number of unbranched alkanes of at least 4 members (excludes halogenated alkanes) is 1. The SMILES string of the molecule is CCNC(=NCCCN1C(=O)C2C3C=CC(C3)C2C1=O)NCCCCOc1ccccc1.I. The van der Waals surface area contributed by atoms with Gasteiger partial charge in [-0.05, 0) is 56.6 Å². The number of ether oxygens (including phenoxy) is 1. The summed E-state index contributed by atoms with van der Waals surface area (Å²) >= 11 is 0. The van der Waals surface area contributed by atoms with E-state index < -0.39 is 0 Å². The number of aliphatic imine (C=N–C) groups is 1. The lowest BCUT2D eigenvalue weighted by Crippen LogP contribution is -2.38. The van der Waals surface area contributed by atoms with Crippen molar-refractivity contribution in [3.8, 4) is 5.75 Å². The maximum Gasteiger partial charge on any atom is 0.233 e. The van der Waals surface area contributed by atoms with Crippen LogP contribution in [0, 0.1) is 23.7 Å². The third-order valence-electron chi connectivity index (χ3n) is 6.59. The van der Waals surface area contributed by atoms with Gasteiger partial charge in [0.05, 0.1) is 18.4 Å². The number of halogens is 1. The lowest BCUT2D eigenvalue weighted by molar-refractivity contribution is -0.140. The molecule has 2 amide bonds. The zero-order chi connectivity index (χ0) is 22.3. The molecule has 3 aliphatic rings. The first-order chi connectivity index (χ1) is 15.7. The summed E-state index contributed by atoms with van der Waals surface area (Å²) in [7, 11) is 0. The molecule has 0 aromatic heterocycles. The van der Waals surface area contributed by atoms with E-state index in [1.54, 1.807) is 0 Å². The van der Waals surface area contributed by atoms with Gasteiger partial charge in [0.2, 0.25) is 11.8 Å². The fourth-order valence-electron chi connectivity index (χ4n) is 5.09. The highest BCUT2D eigenvalue weighted by atomic mass is 127. The van der Waals surface area contributed by atoms with Crippen LogP contribution in [0.25, 0.3) is 0 Å².